The lowest BCUT2D eigenvalue weighted by atomic mass is 9.75. The number of rotatable bonds is 5. The molecular formula is C35H43N5O4. The topological polar surface area (TPSA) is 130 Å². The predicted octanol–water partition coefficient (Wildman–Crippen LogP) is 3.25. The van der Waals surface area contributed by atoms with E-state index in [1.807, 2.05) is 65.7 Å². The number of H-pyrrole nitrogens is 1. The van der Waals surface area contributed by atoms with Crippen LogP contribution in [0.5, 0.6) is 0 Å². The number of amides is 3. The Kier molecular flexibility index (Phi) is 9.14. The van der Waals surface area contributed by atoms with Gasteiger partial charge >= 0.3 is 0 Å². The highest BCUT2D eigenvalue weighted by molar-refractivity contribution is 5.91. The van der Waals surface area contributed by atoms with E-state index in [0.717, 1.165) is 22.0 Å². The highest BCUT2D eigenvalue weighted by Gasteiger charge is 2.42. The van der Waals surface area contributed by atoms with Gasteiger partial charge in [-0.15, -0.1) is 0 Å². The number of fused-ring (bicyclic) bond motifs is 2. The van der Waals surface area contributed by atoms with E-state index in [9.17, 15) is 14.4 Å². The Morgan fingerprint density at radius 3 is 2.61 bits per heavy atom. The van der Waals surface area contributed by atoms with Gasteiger partial charge in [0.2, 0.25) is 17.7 Å². The quantitative estimate of drug-likeness (QED) is 0.336. The zero-order valence-corrected chi connectivity index (χ0v) is 25.2. The van der Waals surface area contributed by atoms with Crippen molar-refractivity contribution in [3.8, 4) is 0 Å². The second kappa shape index (κ2) is 13.4. The Labute approximate surface area is 258 Å². The van der Waals surface area contributed by atoms with Crippen LogP contribution < -0.4 is 16.4 Å². The largest absolute Gasteiger partial charge is 0.381 e. The van der Waals surface area contributed by atoms with Crippen molar-refractivity contribution in [1.82, 2.24) is 20.5 Å². The monoisotopic (exact) mass is 597 g/mol. The lowest BCUT2D eigenvalue weighted by Crippen LogP contribution is -2.59. The minimum atomic E-state index is -0.696. The molecule has 6 rings (SSSR count). The highest BCUT2D eigenvalue weighted by atomic mass is 16.5. The van der Waals surface area contributed by atoms with Gasteiger partial charge in [-0.3, -0.25) is 14.4 Å². The molecule has 0 saturated carbocycles. The van der Waals surface area contributed by atoms with Crippen LogP contribution in [0.1, 0.15) is 43.2 Å². The van der Waals surface area contributed by atoms with Crippen LogP contribution >= 0.6 is 0 Å². The zero-order chi connectivity index (χ0) is 30.5. The van der Waals surface area contributed by atoms with Crippen molar-refractivity contribution < 1.29 is 19.1 Å². The maximum absolute atomic E-state index is 13.8. The number of piperidine rings is 1. The van der Waals surface area contributed by atoms with Gasteiger partial charge in [0.25, 0.3) is 0 Å². The van der Waals surface area contributed by atoms with E-state index in [1.165, 1.54) is 0 Å². The van der Waals surface area contributed by atoms with E-state index in [0.29, 0.717) is 71.2 Å². The normalized spacial score (nSPS) is 25.7. The number of carbonyl (C=O) groups is 3. The molecule has 0 radical (unpaired) electrons. The molecule has 232 valence electrons. The summed E-state index contributed by atoms with van der Waals surface area (Å²) < 4.78 is 5.61. The number of aromatic amines is 1. The molecule has 1 spiro atoms. The maximum Gasteiger partial charge on any atom is 0.243 e. The molecule has 2 fully saturated rings. The Morgan fingerprint density at radius 1 is 1.02 bits per heavy atom. The van der Waals surface area contributed by atoms with Crippen molar-refractivity contribution in [2.75, 3.05) is 26.3 Å². The van der Waals surface area contributed by atoms with E-state index in [-0.39, 0.29) is 29.7 Å². The molecule has 4 heterocycles. The average Bonchev–Trinajstić information content (AvgIpc) is 3.46. The number of benzene rings is 2. The second-order valence-corrected chi connectivity index (χ2v) is 12.6. The summed E-state index contributed by atoms with van der Waals surface area (Å²) in [5, 5.41) is 7.50. The van der Waals surface area contributed by atoms with Crippen LogP contribution in [0.2, 0.25) is 0 Å². The third-order valence-electron chi connectivity index (χ3n) is 9.76. The summed E-state index contributed by atoms with van der Waals surface area (Å²) >= 11 is 0. The Morgan fingerprint density at radius 2 is 1.80 bits per heavy atom. The van der Waals surface area contributed by atoms with Crippen LogP contribution in [0.25, 0.3) is 10.9 Å². The number of ether oxygens (including phenoxy) is 1. The average molecular weight is 598 g/mol. The molecule has 2 aromatic carbocycles. The van der Waals surface area contributed by atoms with E-state index < -0.39 is 17.5 Å². The maximum atomic E-state index is 13.8. The van der Waals surface area contributed by atoms with Crippen LogP contribution in [-0.4, -0.2) is 72.0 Å². The Bertz CT molecular complexity index is 1500. The van der Waals surface area contributed by atoms with Gasteiger partial charge in [-0.05, 0) is 55.7 Å². The summed E-state index contributed by atoms with van der Waals surface area (Å²) in [7, 11) is 0. The number of allylic oxidation sites excluding steroid dienone is 2. The summed E-state index contributed by atoms with van der Waals surface area (Å²) in [6.07, 6.45) is 10.2. The van der Waals surface area contributed by atoms with E-state index in [2.05, 4.69) is 27.8 Å². The number of carbonyl (C=O) groups excluding carboxylic acids is 3. The van der Waals surface area contributed by atoms with Crippen molar-refractivity contribution in [2.24, 2.45) is 17.1 Å². The fourth-order valence-corrected chi connectivity index (χ4v) is 7.04. The number of nitrogens with one attached hydrogen (secondary N) is 3. The van der Waals surface area contributed by atoms with Crippen LogP contribution in [0.4, 0.5) is 0 Å². The number of nitrogens with zero attached hydrogens (tertiary/aromatic N) is 1. The van der Waals surface area contributed by atoms with Crippen LogP contribution in [-0.2, 0) is 32.0 Å². The van der Waals surface area contributed by atoms with Gasteiger partial charge in [0, 0.05) is 61.8 Å². The van der Waals surface area contributed by atoms with Gasteiger partial charge < -0.3 is 31.0 Å². The third-order valence-corrected chi connectivity index (χ3v) is 9.76. The summed E-state index contributed by atoms with van der Waals surface area (Å²) in [5.41, 5.74) is 8.95. The molecule has 5 N–H and O–H groups in total. The van der Waals surface area contributed by atoms with Gasteiger partial charge in [0.15, 0.2) is 0 Å². The van der Waals surface area contributed by atoms with Crippen LogP contribution in [0.3, 0.4) is 0 Å². The number of nitrogens with two attached hydrogens (primary N) is 1. The molecule has 9 nitrogen and oxygen atoms in total. The molecule has 4 atom stereocenters. The molecule has 44 heavy (non-hydrogen) atoms. The SMILES string of the molecule is N[C@@H](Cc1c[nH]c2ccccc12)C(=O)N1CC[C@H]2NC(=O)[C@H](Cc3ccccc3)NC(=O)C3(C/C=C/C[C@H]2C1)CCOCC3. The van der Waals surface area contributed by atoms with Gasteiger partial charge in [0.1, 0.15) is 6.04 Å². The first kappa shape index (κ1) is 30.1. The minimum Gasteiger partial charge on any atom is -0.381 e. The first-order valence-corrected chi connectivity index (χ1v) is 15.9. The number of likely N-dealkylation sites (tertiary alicyclic amines) is 1. The number of hydrogen-bond donors (Lipinski definition) is 4. The molecule has 1 aromatic heterocycles. The van der Waals surface area contributed by atoms with Gasteiger partial charge in [-0.2, -0.15) is 0 Å². The predicted molar refractivity (Wildman–Crippen MR) is 170 cm³/mol. The third kappa shape index (κ3) is 6.59. The summed E-state index contributed by atoms with van der Waals surface area (Å²) in [6.45, 7) is 2.09. The molecule has 2 saturated heterocycles. The molecule has 3 aliphatic heterocycles. The molecule has 0 bridgehead atoms. The fraction of sp³-hybridized carbons (Fsp3) is 0.457. The fourth-order valence-electron chi connectivity index (χ4n) is 7.04. The Balaban J connectivity index is 1.19. The zero-order valence-electron chi connectivity index (χ0n) is 25.2. The van der Waals surface area contributed by atoms with Crippen molar-refractivity contribution in [3.05, 3.63) is 84.1 Å². The van der Waals surface area contributed by atoms with Gasteiger partial charge in [-0.1, -0.05) is 60.7 Å². The van der Waals surface area contributed by atoms with Crippen LogP contribution in [0.15, 0.2) is 72.9 Å². The molecule has 3 amide bonds. The molecular weight excluding hydrogens is 554 g/mol. The van der Waals surface area contributed by atoms with Crippen molar-refractivity contribution in [2.45, 2.75) is 63.1 Å². The summed E-state index contributed by atoms with van der Waals surface area (Å²) in [5.74, 6) is -0.292. The standard InChI is InChI=1S/C35H43N5O4/c36-28(21-26-22-37-30-12-5-4-11-27(26)30)33(42)40-17-13-29-25(23-40)10-6-7-14-35(15-18-44-19-16-35)34(43)39-31(32(41)38-29)20-24-8-2-1-3-9-24/h1-9,11-12,22,25,28-29,31,37H,10,13-21,23,36H2,(H,38,41)(H,39,43)/b7-6+/t25-,28-,29+,31-/m0/s1. The summed E-state index contributed by atoms with van der Waals surface area (Å²) in [4.78, 5) is 46.3. The summed E-state index contributed by atoms with van der Waals surface area (Å²) in [6, 6.07) is 16.4. The lowest BCUT2D eigenvalue weighted by molar-refractivity contribution is -0.140. The van der Waals surface area contributed by atoms with E-state index in [1.54, 1.807) is 0 Å². The molecule has 3 aliphatic rings. The van der Waals surface area contributed by atoms with Crippen molar-refractivity contribution in [1.29, 1.82) is 0 Å². The van der Waals surface area contributed by atoms with Gasteiger partial charge in [-0.25, -0.2) is 0 Å². The van der Waals surface area contributed by atoms with Crippen molar-refractivity contribution >= 4 is 28.6 Å². The minimum absolute atomic E-state index is 0.0336. The lowest BCUT2D eigenvalue weighted by Gasteiger charge is -2.41. The molecule has 0 aliphatic carbocycles. The van der Waals surface area contributed by atoms with Gasteiger partial charge in [0.05, 0.1) is 11.5 Å². The van der Waals surface area contributed by atoms with E-state index >= 15 is 0 Å². The smallest absolute Gasteiger partial charge is 0.243 e. The first-order chi connectivity index (χ1) is 21.4. The molecule has 3 aromatic rings. The molecule has 0 unspecified atom stereocenters. The number of aromatic nitrogens is 1. The Hall–Kier alpha value is -3.95. The highest BCUT2D eigenvalue weighted by Crippen LogP contribution is 2.36. The molecule has 9 heteroatoms. The first-order valence-electron chi connectivity index (χ1n) is 15.9. The number of para-hydroxylation sites is 1. The number of hydrogen-bond acceptors (Lipinski definition) is 5. The van der Waals surface area contributed by atoms with Crippen molar-refractivity contribution in [3.63, 3.8) is 0 Å². The second-order valence-electron chi connectivity index (χ2n) is 12.6. The van der Waals surface area contributed by atoms with Crippen LogP contribution in [0, 0.1) is 11.3 Å². The van der Waals surface area contributed by atoms with E-state index in [4.69, 9.17) is 10.5 Å².